The Hall–Kier alpha value is -1.77. The molecule has 1 N–H and O–H groups in total. The molecule has 0 radical (unpaired) electrons. The lowest BCUT2D eigenvalue weighted by atomic mass is 9.97. The first-order valence-corrected chi connectivity index (χ1v) is 4.93. The van der Waals surface area contributed by atoms with Gasteiger partial charge in [-0.2, -0.15) is 0 Å². The molecule has 15 heavy (non-hydrogen) atoms. The molecule has 1 heterocycles. The van der Waals surface area contributed by atoms with Crippen molar-refractivity contribution < 1.29 is 9.53 Å². The second-order valence-corrected chi connectivity index (χ2v) is 3.50. The number of carbonyl (C=O) groups is 1. The number of para-hydroxylation sites is 1. The van der Waals surface area contributed by atoms with Crippen molar-refractivity contribution in [3.63, 3.8) is 0 Å². The number of carbonyl (C=O) groups excluding carboxylic acids is 1. The predicted octanol–water partition coefficient (Wildman–Crippen LogP) is 1.81. The molecule has 78 valence electrons. The zero-order valence-corrected chi connectivity index (χ0v) is 8.35. The third-order valence-corrected chi connectivity index (χ3v) is 2.57. The van der Waals surface area contributed by atoms with Crippen LogP contribution in [0.4, 0.5) is 0 Å². The Labute approximate surface area is 88.8 Å². The molecule has 3 heteroatoms. The molecule has 1 aromatic carbocycles. The van der Waals surface area contributed by atoms with Gasteiger partial charge in [-0.1, -0.05) is 30.9 Å². The molecule has 3 nitrogen and oxygen atoms in total. The molecule has 0 saturated heterocycles. The number of benzene rings is 1. The molecule has 1 aliphatic heterocycles. The van der Waals surface area contributed by atoms with Gasteiger partial charge in [0.15, 0.2) is 0 Å². The maximum Gasteiger partial charge on any atom is 0.207 e. The molecule has 0 spiro atoms. The SMILES string of the molecule is C=C[C@H]1C[C@H](NC=O)c2ccccc2O1. The van der Waals surface area contributed by atoms with E-state index < -0.39 is 0 Å². The standard InChI is InChI=1S/C12H13NO2/c1-2-9-7-11(13-8-14)10-5-3-4-6-12(10)15-9/h2-6,8-9,11H,1,7H2,(H,13,14)/t9-,11-/m0/s1. The topological polar surface area (TPSA) is 38.3 Å². The summed E-state index contributed by atoms with van der Waals surface area (Å²) >= 11 is 0. The molecular weight excluding hydrogens is 190 g/mol. The first-order valence-electron chi connectivity index (χ1n) is 4.93. The summed E-state index contributed by atoms with van der Waals surface area (Å²) < 4.78 is 5.68. The van der Waals surface area contributed by atoms with Gasteiger partial charge in [0.05, 0.1) is 6.04 Å². The number of amides is 1. The maximum atomic E-state index is 10.5. The molecule has 2 rings (SSSR count). The van der Waals surface area contributed by atoms with Crippen LogP contribution >= 0.6 is 0 Å². The monoisotopic (exact) mass is 203 g/mol. The number of hydrogen-bond donors (Lipinski definition) is 1. The highest BCUT2D eigenvalue weighted by atomic mass is 16.5. The average molecular weight is 203 g/mol. The minimum Gasteiger partial charge on any atom is -0.486 e. The highest BCUT2D eigenvalue weighted by Gasteiger charge is 2.25. The molecule has 0 saturated carbocycles. The van der Waals surface area contributed by atoms with E-state index in [1.807, 2.05) is 24.3 Å². The number of rotatable bonds is 3. The highest BCUT2D eigenvalue weighted by Crippen LogP contribution is 2.34. The molecule has 0 aliphatic carbocycles. The molecule has 1 amide bonds. The fourth-order valence-electron chi connectivity index (χ4n) is 1.83. The van der Waals surface area contributed by atoms with E-state index in [2.05, 4.69) is 11.9 Å². The minimum absolute atomic E-state index is 0.0236. The average Bonchev–Trinajstić information content (AvgIpc) is 2.29. The lowest BCUT2D eigenvalue weighted by Crippen LogP contribution is -2.31. The van der Waals surface area contributed by atoms with Crippen LogP contribution in [0.1, 0.15) is 18.0 Å². The molecule has 2 atom stereocenters. The Morgan fingerprint density at radius 3 is 3.00 bits per heavy atom. The van der Waals surface area contributed by atoms with Crippen LogP contribution < -0.4 is 10.1 Å². The Bertz CT molecular complexity index is 376. The van der Waals surface area contributed by atoms with Crippen molar-refractivity contribution in [2.45, 2.75) is 18.6 Å². The van der Waals surface area contributed by atoms with E-state index in [1.54, 1.807) is 6.08 Å². The summed E-state index contributed by atoms with van der Waals surface area (Å²) in [5, 5.41) is 2.80. The molecule has 1 aliphatic rings. The van der Waals surface area contributed by atoms with Crippen molar-refractivity contribution >= 4 is 6.41 Å². The zero-order chi connectivity index (χ0) is 10.7. The van der Waals surface area contributed by atoms with E-state index in [4.69, 9.17) is 4.74 Å². The zero-order valence-electron chi connectivity index (χ0n) is 8.35. The minimum atomic E-state index is -0.0302. The second kappa shape index (κ2) is 4.17. The Morgan fingerprint density at radius 1 is 1.47 bits per heavy atom. The predicted molar refractivity (Wildman–Crippen MR) is 57.6 cm³/mol. The van der Waals surface area contributed by atoms with Crippen LogP contribution in [-0.4, -0.2) is 12.5 Å². The van der Waals surface area contributed by atoms with Crippen LogP contribution in [0.25, 0.3) is 0 Å². The first-order chi connectivity index (χ1) is 7.35. The van der Waals surface area contributed by atoms with Gasteiger partial charge in [-0.05, 0) is 6.07 Å². The van der Waals surface area contributed by atoms with Crippen LogP contribution in [0, 0.1) is 0 Å². The van der Waals surface area contributed by atoms with E-state index >= 15 is 0 Å². The Morgan fingerprint density at radius 2 is 2.27 bits per heavy atom. The normalized spacial score (nSPS) is 23.5. The van der Waals surface area contributed by atoms with Gasteiger partial charge >= 0.3 is 0 Å². The lowest BCUT2D eigenvalue weighted by Gasteiger charge is -2.30. The van der Waals surface area contributed by atoms with E-state index in [0.29, 0.717) is 0 Å². The summed E-state index contributed by atoms with van der Waals surface area (Å²) in [5.41, 5.74) is 1.03. The summed E-state index contributed by atoms with van der Waals surface area (Å²) in [6.07, 6.45) is 3.19. The molecule has 0 bridgehead atoms. The lowest BCUT2D eigenvalue weighted by molar-refractivity contribution is -0.110. The van der Waals surface area contributed by atoms with Gasteiger partial charge in [-0.3, -0.25) is 4.79 Å². The van der Waals surface area contributed by atoms with E-state index in [0.717, 1.165) is 24.1 Å². The van der Waals surface area contributed by atoms with Gasteiger partial charge in [-0.25, -0.2) is 0 Å². The molecule has 0 unspecified atom stereocenters. The largest absolute Gasteiger partial charge is 0.486 e. The number of fused-ring (bicyclic) bond motifs is 1. The Balaban J connectivity index is 2.33. The molecule has 0 aromatic heterocycles. The number of nitrogens with one attached hydrogen (secondary N) is 1. The van der Waals surface area contributed by atoms with Gasteiger partial charge < -0.3 is 10.1 Å². The van der Waals surface area contributed by atoms with E-state index in [-0.39, 0.29) is 12.1 Å². The van der Waals surface area contributed by atoms with Gasteiger partial charge in [0.2, 0.25) is 6.41 Å². The first kappa shape index (κ1) is 9.77. The third kappa shape index (κ3) is 1.86. The Kier molecular flexibility index (Phi) is 2.72. The fraction of sp³-hybridized carbons (Fsp3) is 0.250. The van der Waals surface area contributed by atoms with Crippen LogP contribution in [-0.2, 0) is 4.79 Å². The molecule has 0 fully saturated rings. The van der Waals surface area contributed by atoms with Gasteiger partial charge in [0.25, 0.3) is 0 Å². The number of hydrogen-bond acceptors (Lipinski definition) is 2. The fourth-order valence-corrected chi connectivity index (χ4v) is 1.83. The summed E-state index contributed by atoms with van der Waals surface area (Å²) in [6, 6.07) is 7.76. The van der Waals surface area contributed by atoms with Crippen LogP contribution in [0.5, 0.6) is 5.75 Å². The summed E-state index contributed by atoms with van der Waals surface area (Å²) in [7, 11) is 0. The summed E-state index contributed by atoms with van der Waals surface area (Å²) in [5.74, 6) is 0.827. The second-order valence-electron chi connectivity index (χ2n) is 3.50. The van der Waals surface area contributed by atoms with Crippen LogP contribution in [0.15, 0.2) is 36.9 Å². The summed E-state index contributed by atoms with van der Waals surface area (Å²) in [4.78, 5) is 10.5. The maximum absolute atomic E-state index is 10.5. The van der Waals surface area contributed by atoms with E-state index in [1.165, 1.54) is 0 Å². The molecule has 1 aromatic rings. The van der Waals surface area contributed by atoms with Crippen molar-refractivity contribution in [2.24, 2.45) is 0 Å². The van der Waals surface area contributed by atoms with Gasteiger partial charge in [-0.15, -0.1) is 0 Å². The van der Waals surface area contributed by atoms with Crippen molar-refractivity contribution in [3.05, 3.63) is 42.5 Å². The van der Waals surface area contributed by atoms with Crippen molar-refractivity contribution in [1.82, 2.24) is 5.32 Å². The smallest absolute Gasteiger partial charge is 0.207 e. The quantitative estimate of drug-likeness (QED) is 0.601. The number of ether oxygens (including phenoxy) is 1. The van der Waals surface area contributed by atoms with Crippen LogP contribution in [0.3, 0.4) is 0 Å². The van der Waals surface area contributed by atoms with Crippen molar-refractivity contribution in [1.29, 1.82) is 0 Å². The third-order valence-electron chi connectivity index (χ3n) is 2.57. The van der Waals surface area contributed by atoms with Crippen LogP contribution in [0.2, 0.25) is 0 Å². The molecular formula is C12H13NO2. The van der Waals surface area contributed by atoms with Gasteiger partial charge in [0.1, 0.15) is 11.9 Å². The summed E-state index contributed by atoms with van der Waals surface area (Å²) in [6.45, 7) is 3.71. The van der Waals surface area contributed by atoms with Crippen molar-refractivity contribution in [2.75, 3.05) is 0 Å². The highest BCUT2D eigenvalue weighted by molar-refractivity contribution is 5.50. The van der Waals surface area contributed by atoms with E-state index in [9.17, 15) is 4.79 Å². The van der Waals surface area contributed by atoms with Gasteiger partial charge in [0, 0.05) is 12.0 Å². The van der Waals surface area contributed by atoms with Crippen molar-refractivity contribution in [3.8, 4) is 5.75 Å².